The molecule has 0 aliphatic carbocycles. The smallest absolute Gasteiger partial charge is 0.150 e. The van der Waals surface area contributed by atoms with E-state index >= 15 is 0 Å². The molecule has 0 bridgehead atoms. The number of para-hydroxylation sites is 1. The first-order valence-corrected chi connectivity index (χ1v) is 8.44. The van der Waals surface area contributed by atoms with Crippen molar-refractivity contribution in [3.05, 3.63) is 71.2 Å². The summed E-state index contributed by atoms with van der Waals surface area (Å²) in [6.07, 6.45) is 2.42. The molecule has 1 aliphatic rings. The zero-order valence-corrected chi connectivity index (χ0v) is 14.2. The van der Waals surface area contributed by atoms with E-state index in [0.29, 0.717) is 16.4 Å². The minimum Gasteiger partial charge on any atom is -0.507 e. The van der Waals surface area contributed by atoms with Crippen LogP contribution in [0.3, 0.4) is 0 Å². The van der Waals surface area contributed by atoms with E-state index in [-0.39, 0.29) is 5.75 Å². The van der Waals surface area contributed by atoms with Crippen molar-refractivity contribution < 1.29 is 5.11 Å². The Morgan fingerprint density at radius 1 is 1.04 bits per heavy atom. The summed E-state index contributed by atoms with van der Waals surface area (Å²) in [5, 5.41) is 19.3. The standard InChI is InChI=1S/C20H16ClN3O/c21-17-7-3-4-8-18(17)24-12-11-20(23-24)22-13-16-15-6-2-1-5-14(15)9-10-19(16)25/h1-10,13,25H,11-12H2/b22-13+. The highest BCUT2D eigenvalue weighted by Gasteiger charge is 2.17. The number of hydrogen-bond acceptors (Lipinski definition) is 4. The van der Waals surface area contributed by atoms with Crippen LogP contribution in [0.1, 0.15) is 12.0 Å². The van der Waals surface area contributed by atoms with Crippen LogP contribution in [0.25, 0.3) is 10.8 Å². The number of amidine groups is 1. The van der Waals surface area contributed by atoms with Crippen LogP contribution in [0.5, 0.6) is 5.75 Å². The lowest BCUT2D eigenvalue weighted by atomic mass is 10.0. The molecule has 1 heterocycles. The zero-order chi connectivity index (χ0) is 17.2. The highest BCUT2D eigenvalue weighted by atomic mass is 35.5. The average Bonchev–Trinajstić information content (AvgIpc) is 3.10. The SMILES string of the molecule is Oc1ccc2ccccc2c1/C=N/C1=NN(c2ccccc2Cl)CC1. The topological polar surface area (TPSA) is 48.2 Å². The van der Waals surface area contributed by atoms with E-state index in [4.69, 9.17) is 11.6 Å². The Morgan fingerprint density at radius 2 is 1.84 bits per heavy atom. The fourth-order valence-electron chi connectivity index (χ4n) is 2.93. The first-order valence-electron chi connectivity index (χ1n) is 8.07. The largest absolute Gasteiger partial charge is 0.507 e. The first kappa shape index (κ1) is 15.7. The number of phenolic OH excluding ortho intramolecular Hbond substituents is 1. The van der Waals surface area contributed by atoms with Crippen LogP contribution in [0.15, 0.2) is 70.8 Å². The van der Waals surface area contributed by atoms with Gasteiger partial charge in [0.05, 0.1) is 10.7 Å². The molecule has 25 heavy (non-hydrogen) atoms. The second-order valence-corrected chi connectivity index (χ2v) is 6.23. The second kappa shape index (κ2) is 6.57. The molecule has 3 aromatic carbocycles. The van der Waals surface area contributed by atoms with Crippen molar-refractivity contribution in [2.75, 3.05) is 11.6 Å². The molecule has 0 atom stereocenters. The van der Waals surface area contributed by atoms with Gasteiger partial charge in [-0.3, -0.25) is 5.01 Å². The molecule has 0 saturated heterocycles. The van der Waals surface area contributed by atoms with Crippen LogP contribution in [0, 0.1) is 0 Å². The predicted molar refractivity (Wildman–Crippen MR) is 104 cm³/mol. The van der Waals surface area contributed by atoms with Crippen molar-refractivity contribution in [2.45, 2.75) is 6.42 Å². The predicted octanol–water partition coefficient (Wildman–Crippen LogP) is 4.84. The number of hydrogen-bond donors (Lipinski definition) is 1. The molecule has 0 unspecified atom stereocenters. The van der Waals surface area contributed by atoms with Crippen LogP contribution in [0.4, 0.5) is 5.69 Å². The maximum atomic E-state index is 10.2. The van der Waals surface area contributed by atoms with E-state index in [2.05, 4.69) is 10.1 Å². The first-order chi connectivity index (χ1) is 12.2. The summed E-state index contributed by atoms with van der Waals surface area (Å²) in [6.45, 7) is 0.734. The molecule has 1 aliphatic heterocycles. The Balaban J connectivity index is 1.64. The number of aliphatic imine (C=N–C) groups is 1. The third-order valence-corrected chi connectivity index (χ3v) is 4.52. The van der Waals surface area contributed by atoms with Crippen LogP contribution < -0.4 is 5.01 Å². The molecular formula is C20H16ClN3O. The maximum Gasteiger partial charge on any atom is 0.150 e. The molecule has 3 aromatic rings. The summed E-state index contributed by atoms with van der Waals surface area (Å²) < 4.78 is 0. The third-order valence-electron chi connectivity index (χ3n) is 4.20. The molecule has 1 N–H and O–H groups in total. The summed E-state index contributed by atoms with van der Waals surface area (Å²) in [7, 11) is 0. The van der Waals surface area contributed by atoms with E-state index in [1.54, 1.807) is 12.3 Å². The third kappa shape index (κ3) is 3.08. The van der Waals surface area contributed by atoms with Crippen molar-refractivity contribution >= 4 is 40.1 Å². The monoisotopic (exact) mass is 349 g/mol. The summed E-state index contributed by atoms with van der Waals surface area (Å²) in [6, 6.07) is 19.1. The quantitative estimate of drug-likeness (QED) is 0.673. The Labute approximate surface area is 150 Å². The number of anilines is 1. The Hall–Kier alpha value is -2.85. The number of rotatable bonds is 2. The molecule has 124 valence electrons. The Bertz CT molecular complexity index is 997. The van der Waals surface area contributed by atoms with Crippen molar-refractivity contribution in [3.8, 4) is 5.75 Å². The van der Waals surface area contributed by atoms with Gasteiger partial charge in [-0.15, -0.1) is 0 Å². The van der Waals surface area contributed by atoms with Gasteiger partial charge in [0.25, 0.3) is 0 Å². The molecule has 0 saturated carbocycles. The van der Waals surface area contributed by atoms with Gasteiger partial charge in [0, 0.05) is 24.7 Å². The highest BCUT2D eigenvalue weighted by Crippen LogP contribution is 2.28. The molecule has 0 amide bonds. The lowest BCUT2D eigenvalue weighted by molar-refractivity contribution is 0.475. The summed E-state index contributed by atoms with van der Waals surface area (Å²) in [4.78, 5) is 4.49. The summed E-state index contributed by atoms with van der Waals surface area (Å²) in [5.74, 6) is 0.927. The highest BCUT2D eigenvalue weighted by molar-refractivity contribution is 6.33. The zero-order valence-electron chi connectivity index (χ0n) is 13.4. The van der Waals surface area contributed by atoms with Gasteiger partial charge >= 0.3 is 0 Å². The summed E-state index contributed by atoms with van der Waals surface area (Å²) in [5.41, 5.74) is 1.58. The second-order valence-electron chi connectivity index (χ2n) is 5.82. The van der Waals surface area contributed by atoms with Crippen LogP contribution >= 0.6 is 11.6 Å². The van der Waals surface area contributed by atoms with Gasteiger partial charge in [0.1, 0.15) is 5.75 Å². The molecule has 0 fully saturated rings. The number of fused-ring (bicyclic) bond motifs is 1. The number of benzene rings is 3. The van der Waals surface area contributed by atoms with Crippen LogP contribution in [-0.2, 0) is 0 Å². The Kier molecular flexibility index (Phi) is 4.12. The molecule has 5 heteroatoms. The normalized spacial score (nSPS) is 14.4. The lowest BCUT2D eigenvalue weighted by Crippen LogP contribution is -2.11. The summed E-state index contributed by atoms with van der Waals surface area (Å²) >= 11 is 6.23. The van der Waals surface area contributed by atoms with Gasteiger partial charge in [-0.2, -0.15) is 5.10 Å². The van der Waals surface area contributed by atoms with E-state index in [9.17, 15) is 5.11 Å². The van der Waals surface area contributed by atoms with Crippen molar-refractivity contribution in [2.24, 2.45) is 10.1 Å². The number of hydrazone groups is 1. The van der Waals surface area contributed by atoms with E-state index in [0.717, 1.165) is 29.4 Å². The Morgan fingerprint density at radius 3 is 2.72 bits per heavy atom. The number of phenols is 1. The van der Waals surface area contributed by atoms with Gasteiger partial charge in [-0.25, -0.2) is 4.99 Å². The molecule has 0 spiro atoms. The van der Waals surface area contributed by atoms with E-state index in [1.807, 2.05) is 59.6 Å². The van der Waals surface area contributed by atoms with Gasteiger partial charge in [0.2, 0.25) is 0 Å². The van der Waals surface area contributed by atoms with Crippen molar-refractivity contribution in [3.63, 3.8) is 0 Å². The number of nitrogens with zero attached hydrogens (tertiary/aromatic N) is 3. The van der Waals surface area contributed by atoms with Gasteiger partial charge in [-0.1, -0.05) is 54.1 Å². The molecule has 0 aromatic heterocycles. The van der Waals surface area contributed by atoms with Crippen molar-refractivity contribution in [1.82, 2.24) is 0 Å². The van der Waals surface area contributed by atoms with Crippen LogP contribution in [0.2, 0.25) is 5.02 Å². The average molecular weight is 350 g/mol. The maximum absolute atomic E-state index is 10.2. The molecular weight excluding hydrogens is 334 g/mol. The lowest BCUT2D eigenvalue weighted by Gasteiger charge is -2.14. The fourth-order valence-corrected chi connectivity index (χ4v) is 3.16. The van der Waals surface area contributed by atoms with Crippen molar-refractivity contribution in [1.29, 1.82) is 0 Å². The molecule has 4 nitrogen and oxygen atoms in total. The number of aromatic hydroxyl groups is 1. The van der Waals surface area contributed by atoms with Crippen LogP contribution in [-0.4, -0.2) is 23.7 Å². The minimum absolute atomic E-state index is 0.212. The van der Waals surface area contributed by atoms with E-state index < -0.39 is 0 Å². The number of halogens is 1. The molecule has 0 radical (unpaired) electrons. The van der Waals surface area contributed by atoms with Gasteiger partial charge in [0.15, 0.2) is 5.84 Å². The minimum atomic E-state index is 0.212. The van der Waals surface area contributed by atoms with E-state index in [1.165, 1.54) is 0 Å². The van der Waals surface area contributed by atoms with Gasteiger partial charge in [-0.05, 0) is 29.0 Å². The molecule has 4 rings (SSSR count). The fraction of sp³-hybridized carbons (Fsp3) is 0.100. The van der Waals surface area contributed by atoms with Gasteiger partial charge < -0.3 is 5.11 Å².